The number of nitrogens with zero attached hydrogens (tertiary/aromatic N) is 4. The summed E-state index contributed by atoms with van der Waals surface area (Å²) in [5.74, 6) is -0.629. The summed E-state index contributed by atoms with van der Waals surface area (Å²) in [6.07, 6.45) is 2.48. The van der Waals surface area contributed by atoms with E-state index in [1.807, 2.05) is 0 Å². The molecule has 0 saturated heterocycles. The molecule has 0 radical (unpaired) electrons. The lowest BCUT2D eigenvalue weighted by Crippen LogP contribution is -2.15. The van der Waals surface area contributed by atoms with Gasteiger partial charge < -0.3 is 5.32 Å². The first-order valence-corrected chi connectivity index (χ1v) is 5.86. The van der Waals surface area contributed by atoms with Gasteiger partial charge in [-0.1, -0.05) is 11.6 Å². The van der Waals surface area contributed by atoms with E-state index < -0.39 is 10.8 Å². The number of hydrogen-bond donors (Lipinski definition) is 1. The lowest BCUT2D eigenvalue weighted by Gasteiger charge is -2.06. The molecule has 0 aliphatic heterocycles. The van der Waals surface area contributed by atoms with Gasteiger partial charge in [-0.2, -0.15) is 5.26 Å². The number of carbonyl (C=O) groups is 1. The van der Waals surface area contributed by atoms with Crippen LogP contribution in [0.5, 0.6) is 0 Å². The Balaban J connectivity index is 2.29. The lowest BCUT2D eigenvalue weighted by molar-refractivity contribution is -0.384. The second kappa shape index (κ2) is 5.94. The van der Waals surface area contributed by atoms with Crippen LogP contribution < -0.4 is 5.32 Å². The second-order valence-electron chi connectivity index (χ2n) is 3.78. The number of anilines is 1. The van der Waals surface area contributed by atoms with E-state index in [0.717, 1.165) is 6.07 Å². The van der Waals surface area contributed by atoms with E-state index in [9.17, 15) is 14.9 Å². The van der Waals surface area contributed by atoms with Crippen molar-refractivity contribution in [2.45, 2.75) is 0 Å². The SMILES string of the molecule is N#Cc1cc([N+](=O)[O-])ccc1NC(=O)c1cncc(Cl)n1. The minimum Gasteiger partial charge on any atom is -0.319 e. The van der Waals surface area contributed by atoms with E-state index in [1.54, 1.807) is 6.07 Å². The van der Waals surface area contributed by atoms with E-state index in [1.165, 1.54) is 24.5 Å². The third kappa shape index (κ3) is 3.29. The molecule has 8 nitrogen and oxygen atoms in total. The van der Waals surface area contributed by atoms with Gasteiger partial charge in [0.25, 0.3) is 11.6 Å². The third-order valence-corrected chi connectivity index (χ3v) is 2.60. The zero-order chi connectivity index (χ0) is 15.4. The van der Waals surface area contributed by atoms with E-state index in [-0.39, 0.29) is 27.8 Å². The van der Waals surface area contributed by atoms with E-state index >= 15 is 0 Å². The Bertz CT molecular complexity index is 772. The van der Waals surface area contributed by atoms with Gasteiger partial charge in [-0.25, -0.2) is 4.98 Å². The first-order chi connectivity index (χ1) is 10.0. The number of carbonyl (C=O) groups excluding carboxylic acids is 1. The smallest absolute Gasteiger partial charge is 0.275 e. The van der Waals surface area contributed by atoms with Gasteiger partial charge in [0, 0.05) is 12.1 Å². The van der Waals surface area contributed by atoms with Gasteiger partial charge in [0.15, 0.2) is 0 Å². The zero-order valence-corrected chi connectivity index (χ0v) is 11.0. The van der Waals surface area contributed by atoms with E-state index in [2.05, 4.69) is 15.3 Å². The van der Waals surface area contributed by atoms with Crippen molar-refractivity contribution in [1.82, 2.24) is 9.97 Å². The highest BCUT2D eigenvalue weighted by molar-refractivity contribution is 6.29. The van der Waals surface area contributed by atoms with Crippen LogP contribution in [-0.4, -0.2) is 20.8 Å². The molecule has 0 saturated carbocycles. The van der Waals surface area contributed by atoms with E-state index in [4.69, 9.17) is 16.9 Å². The molecule has 1 N–H and O–H groups in total. The van der Waals surface area contributed by atoms with Crippen molar-refractivity contribution in [3.05, 3.63) is 57.1 Å². The van der Waals surface area contributed by atoms with Gasteiger partial charge in [-0.05, 0) is 6.07 Å². The number of aromatic nitrogens is 2. The summed E-state index contributed by atoms with van der Waals surface area (Å²) in [6.45, 7) is 0. The summed E-state index contributed by atoms with van der Waals surface area (Å²) in [5, 5.41) is 22.1. The lowest BCUT2D eigenvalue weighted by atomic mass is 10.1. The maximum Gasteiger partial charge on any atom is 0.275 e. The monoisotopic (exact) mass is 303 g/mol. The van der Waals surface area contributed by atoms with Crippen molar-refractivity contribution in [1.29, 1.82) is 5.26 Å². The molecule has 0 atom stereocenters. The van der Waals surface area contributed by atoms with Crippen molar-refractivity contribution in [2.75, 3.05) is 5.32 Å². The van der Waals surface area contributed by atoms with Crippen LogP contribution in [0.25, 0.3) is 0 Å². The summed E-state index contributed by atoms with van der Waals surface area (Å²) in [6, 6.07) is 5.30. The van der Waals surface area contributed by atoms with E-state index in [0.29, 0.717) is 0 Å². The van der Waals surface area contributed by atoms with Crippen molar-refractivity contribution in [2.24, 2.45) is 0 Å². The predicted octanol–water partition coefficient (Wildman–Crippen LogP) is 2.16. The molecule has 1 amide bonds. The molecule has 1 aromatic heterocycles. The summed E-state index contributed by atoms with van der Waals surface area (Å²) in [5.41, 5.74) is -0.181. The minimum atomic E-state index is -0.630. The van der Waals surface area contributed by atoms with Gasteiger partial charge in [0.05, 0.1) is 28.6 Å². The highest BCUT2D eigenvalue weighted by Gasteiger charge is 2.14. The van der Waals surface area contributed by atoms with Gasteiger partial charge in [-0.3, -0.25) is 19.9 Å². The minimum absolute atomic E-state index is 0.0347. The molecule has 21 heavy (non-hydrogen) atoms. The maximum absolute atomic E-state index is 11.9. The second-order valence-corrected chi connectivity index (χ2v) is 4.17. The molecule has 0 spiro atoms. The summed E-state index contributed by atoms with van der Waals surface area (Å²) in [4.78, 5) is 29.4. The van der Waals surface area contributed by atoms with Crippen LogP contribution in [0.2, 0.25) is 5.15 Å². The maximum atomic E-state index is 11.9. The largest absolute Gasteiger partial charge is 0.319 e. The third-order valence-electron chi connectivity index (χ3n) is 2.42. The molecule has 0 unspecified atom stereocenters. The van der Waals surface area contributed by atoms with Crippen molar-refractivity contribution in [3.63, 3.8) is 0 Å². The molecule has 0 bridgehead atoms. The fourth-order valence-electron chi connectivity index (χ4n) is 1.49. The fraction of sp³-hybridized carbons (Fsp3) is 0. The van der Waals surface area contributed by atoms with Gasteiger partial charge in [-0.15, -0.1) is 0 Å². The first kappa shape index (κ1) is 14.4. The molecule has 9 heteroatoms. The van der Waals surface area contributed by atoms with Crippen molar-refractivity contribution < 1.29 is 9.72 Å². The number of nitro benzene ring substituents is 1. The van der Waals surface area contributed by atoms with Gasteiger partial charge in [0.2, 0.25) is 0 Å². The Labute approximate surface area is 123 Å². The van der Waals surface area contributed by atoms with Crippen LogP contribution in [0.15, 0.2) is 30.6 Å². The highest BCUT2D eigenvalue weighted by Crippen LogP contribution is 2.21. The molecule has 0 aliphatic carbocycles. The van der Waals surface area contributed by atoms with Crippen LogP contribution in [0.4, 0.5) is 11.4 Å². The molecular formula is C12H6ClN5O3. The number of non-ortho nitro benzene ring substituents is 1. The normalized spacial score (nSPS) is 9.71. The Morgan fingerprint density at radius 3 is 2.81 bits per heavy atom. The number of hydrogen-bond acceptors (Lipinski definition) is 6. The topological polar surface area (TPSA) is 122 Å². The average Bonchev–Trinajstić information content (AvgIpc) is 2.47. The molecule has 0 aliphatic rings. The summed E-state index contributed by atoms with van der Waals surface area (Å²) in [7, 11) is 0. The number of nitrogens with one attached hydrogen (secondary N) is 1. The van der Waals surface area contributed by atoms with Gasteiger partial charge in [0.1, 0.15) is 16.9 Å². The standard InChI is InChI=1S/C12H6ClN5O3/c13-11-6-15-5-10(16-11)12(19)17-9-2-1-8(18(20)21)3-7(9)4-14/h1-3,5-6H,(H,17,19). The van der Waals surface area contributed by atoms with Crippen LogP contribution >= 0.6 is 11.6 Å². The molecule has 1 aromatic carbocycles. The summed E-state index contributed by atoms with van der Waals surface area (Å²) >= 11 is 5.63. The number of nitro groups is 1. The Morgan fingerprint density at radius 1 is 1.43 bits per heavy atom. The fourth-order valence-corrected chi connectivity index (χ4v) is 1.63. The van der Waals surface area contributed by atoms with Crippen molar-refractivity contribution in [3.8, 4) is 6.07 Å². The molecule has 2 aromatic rings. The van der Waals surface area contributed by atoms with Crippen LogP contribution in [0, 0.1) is 21.4 Å². The number of nitriles is 1. The van der Waals surface area contributed by atoms with Crippen molar-refractivity contribution >= 4 is 28.9 Å². The predicted molar refractivity (Wildman–Crippen MR) is 72.8 cm³/mol. The Hall–Kier alpha value is -3.05. The quantitative estimate of drug-likeness (QED) is 0.684. The molecule has 104 valence electrons. The van der Waals surface area contributed by atoms with Crippen LogP contribution in [0.3, 0.4) is 0 Å². The van der Waals surface area contributed by atoms with Gasteiger partial charge >= 0.3 is 0 Å². The molecule has 1 heterocycles. The number of benzene rings is 1. The highest BCUT2D eigenvalue weighted by atomic mass is 35.5. The van der Waals surface area contributed by atoms with Crippen LogP contribution in [0.1, 0.15) is 16.1 Å². The summed E-state index contributed by atoms with van der Waals surface area (Å²) < 4.78 is 0. The number of rotatable bonds is 3. The molecular weight excluding hydrogens is 298 g/mol. The molecule has 2 rings (SSSR count). The average molecular weight is 304 g/mol. The van der Waals surface area contributed by atoms with Crippen LogP contribution in [-0.2, 0) is 0 Å². The molecule has 0 fully saturated rings. The first-order valence-electron chi connectivity index (χ1n) is 5.48. The zero-order valence-electron chi connectivity index (χ0n) is 10.3. The number of halogens is 1. The number of amides is 1. The Kier molecular flexibility index (Phi) is 4.06. The Morgan fingerprint density at radius 2 is 2.19 bits per heavy atom.